The SMILES string of the molecule is [C-]#[N+]c1sc(N=Nc2ccc(N(CC)CCOCCOCCn3cc[n+](C)c3)cc2C)c(C#N)c1C. The maximum absolute atomic E-state index is 9.40. The average Bonchev–Trinajstić information content (AvgIpc) is 3.43. The lowest BCUT2D eigenvalue weighted by atomic mass is 10.1. The van der Waals surface area contributed by atoms with Crippen LogP contribution >= 0.6 is 11.3 Å². The Labute approximate surface area is 216 Å². The first kappa shape index (κ1) is 27.0. The van der Waals surface area contributed by atoms with E-state index in [1.54, 1.807) is 6.92 Å². The molecule has 0 bridgehead atoms. The van der Waals surface area contributed by atoms with E-state index >= 15 is 0 Å². The lowest BCUT2D eigenvalue weighted by Crippen LogP contribution is -2.27. The van der Waals surface area contributed by atoms with Crippen molar-refractivity contribution in [3.05, 3.63) is 65.0 Å². The van der Waals surface area contributed by atoms with Crippen molar-refractivity contribution in [2.24, 2.45) is 17.3 Å². The number of likely N-dealkylation sites (N-methyl/N-ethyl adjacent to an activating group) is 1. The molecule has 9 nitrogen and oxygen atoms in total. The fourth-order valence-corrected chi connectivity index (χ4v) is 4.48. The maximum Gasteiger partial charge on any atom is 0.247 e. The van der Waals surface area contributed by atoms with Gasteiger partial charge in [0.25, 0.3) is 0 Å². The maximum atomic E-state index is 9.40. The lowest BCUT2D eigenvalue weighted by molar-refractivity contribution is -0.671. The number of aromatic nitrogens is 2. The normalized spacial score (nSPS) is 11.1. The highest BCUT2D eigenvalue weighted by atomic mass is 32.1. The van der Waals surface area contributed by atoms with Gasteiger partial charge in [0.05, 0.1) is 51.3 Å². The van der Waals surface area contributed by atoms with E-state index in [9.17, 15) is 5.26 Å². The zero-order valence-electron chi connectivity index (χ0n) is 21.3. The van der Waals surface area contributed by atoms with Crippen LogP contribution in [0.1, 0.15) is 23.6 Å². The molecule has 3 aromatic rings. The Hall–Kier alpha value is -3.57. The summed E-state index contributed by atoms with van der Waals surface area (Å²) < 4.78 is 15.5. The van der Waals surface area contributed by atoms with E-state index in [1.165, 1.54) is 11.3 Å². The Morgan fingerprint density at radius 3 is 2.61 bits per heavy atom. The van der Waals surface area contributed by atoms with Gasteiger partial charge in [-0.25, -0.2) is 14.0 Å². The number of nitrogens with zero attached hydrogens (tertiary/aromatic N) is 7. The number of anilines is 1. The van der Waals surface area contributed by atoms with Crippen molar-refractivity contribution in [2.45, 2.75) is 27.3 Å². The second-order valence-electron chi connectivity index (χ2n) is 8.23. The number of hydrogen-bond donors (Lipinski definition) is 0. The summed E-state index contributed by atoms with van der Waals surface area (Å²) in [6.45, 7) is 18.0. The quantitative estimate of drug-likeness (QED) is 0.135. The molecule has 2 aromatic heterocycles. The number of ether oxygens (including phenoxy) is 2. The van der Waals surface area contributed by atoms with Crippen LogP contribution in [0.3, 0.4) is 0 Å². The molecular formula is C26H32N7O2S+. The lowest BCUT2D eigenvalue weighted by Gasteiger charge is -2.23. The van der Waals surface area contributed by atoms with E-state index in [4.69, 9.17) is 16.0 Å². The van der Waals surface area contributed by atoms with E-state index in [1.807, 2.05) is 49.4 Å². The van der Waals surface area contributed by atoms with Crippen LogP contribution in [0.5, 0.6) is 0 Å². The van der Waals surface area contributed by atoms with Crippen molar-refractivity contribution in [1.82, 2.24) is 4.57 Å². The summed E-state index contributed by atoms with van der Waals surface area (Å²) in [5.74, 6) is 0. The Balaban J connectivity index is 1.46. The van der Waals surface area contributed by atoms with Crippen LogP contribution in [0.4, 0.5) is 21.4 Å². The van der Waals surface area contributed by atoms with Gasteiger partial charge in [-0.15, -0.1) is 21.6 Å². The second-order valence-corrected chi connectivity index (χ2v) is 9.21. The standard InChI is InChI=1S/C26H32N7O2S/c1-6-33(12-14-35-16-15-34-13-11-32-10-9-31(5)19-32)22-7-8-24(20(2)17-22)29-30-26-23(18-27)21(3)25(28-4)36-26/h7-10,17,19H,6,11-16H2,1-3,5H3/q+1. The predicted molar refractivity (Wildman–Crippen MR) is 141 cm³/mol. The van der Waals surface area contributed by atoms with E-state index in [0.717, 1.165) is 36.6 Å². The number of thiophene rings is 1. The molecule has 0 unspecified atom stereocenters. The number of hydrogen-bond acceptors (Lipinski definition) is 7. The summed E-state index contributed by atoms with van der Waals surface area (Å²) in [4.78, 5) is 5.71. The van der Waals surface area contributed by atoms with Crippen LogP contribution in [-0.2, 0) is 23.1 Å². The fraction of sp³-hybridized carbons (Fsp3) is 0.423. The van der Waals surface area contributed by atoms with Crippen LogP contribution in [0.2, 0.25) is 0 Å². The van der Waals surface area contributed by atoms with E-state index < -0.39 is 0 Å². The summed E-state index contributed by atoms with van der Waals surface area (Å²) in [5.41, 5.74) is 3.89. The number of nitriles is 1. The van der Waals surface area contributed by atoms with Gasteiger partial charge in [-0.1, -0.05) is 0 Å². The Morgan fingerprint density at radius 1 is 1.19 bits per heavy atom. The van der Waals surface area contributed by atoms with Crippen molar-refractivity contribution < 1.29 is 14.0 Å². The van der Waals surface area contributed by atoms with Crippen LogP contribution in [-0.4, -0.2) is 44.1 Å². The molecule has 0 aliphatic carbocycles. The smallest absolute Gasteiger partial charge is 0.247 e. The molecule has 0 aliphatic rings. The minimum Gasteiger partial charge on any atom is -0.377 e. The second kappa shape index (κ2) is 13.5. The van der Waals surface area contributed by atoms with Gasteiger partial charge in [0.1, 0.15) is 30.0 Å². The fourth-order valence-electron chi connectivity index (χ4n) is 3.61. The zero-order valence-corrected chi connectivity index (χ0v) is 22.1. The van der Waals surface area contributed by atoms with Gasteiger partial charge < -0.3 is 14.4 Å². The molecule has 2 heterocycles. The highest BCUT2D eigenvalue weighted by molar-refractivity contribution is 7.20. The first-order chi connectivity index (χ1) is 17.5. The molecule has 0 fully saturated rings. The number of azo groups is 1. The van der Waals surface area contributed by atoms with Crippen LogP contribution in [0.25, 0.3) is 4.85 Å². The summed E-state index contributed by atoms with van der Waals surface area (Å²) in [6, 6.07) is 8.16. The summed E-state index contributed by atoms with van der Waals surface area (Å²) in [5, 5.41) is 19.0. The molecule has 0 N–H and O–H groups in total. The number of aryl methyl sites for hydroxylation is 2. The van der Waals surface area contributed by atoms with Crippen LogP contribution in [0, 0.1) is 31.8 Å². The zero-order chi connectivity index (χ0) is 25.9. The van der Waals surface area contributed by atoms with Crippen molar-refractivity contribution >= 4 is 32.7 Å². The predicted octanol–water partition coefficient (Wildman–Crippen LogP) is 5.39. The third-order valence-corrected chi connectivity index (χ3v) is 6.76. The third-order valence-electron chi connectivity index (χ3n) is 5.69. The molecule has 0 amide bonds. The minimum atomic E-state index is 0.418. The first-order valence-corrected chi connectivity index (χ1v) is 12.6. The number of benzene rings is 1. The highest BCUT2D eigenvalue weighted by Crippen LogP contribution is 2.41. The number of imidazole rings is 1. The summed E-state index contributed by atoms with van der Waals surface area (Å²) in [7, 11) is 2.00. The molecule has 0 spiro atoms. The molecular weight excluding hydrogens is 474 g/mol. The highest BCUT2D eigenvalue weighted by Gasteiger charge is 2.14. The third kappa shape index (κ3) is 7.22. The van der Waals surface area contributed by atoms with Crippen molar-refractivity contribution in [3.8, 4) is 6.07 Å². The Bertz CT molecular complexity index is 1270. The van der Waals surface area contributed by atoms with Gasteiger partial charge in [0.2, 0.25) is 11.3 Å². The molecule has 0 radical (unpaired) electrons. The van der Waals surface area contributed by atoms with Gasteiger partial charge in [-0.2, -0.15) is 5.26 Å². The van der Waals surface area contributed by atoms with Crippen molar-refractivity contribution in [1.29, 1.82) is 5.26 Å². The molecule has 0 saturated heterocycles. The molecule has 188 valence electrons. The summed E-state index contributed by atoms with van der Waals surface area (Å²) in [6.07, 6.45) is 6.06. The first-order valence-electron chi connectivity index (χ1n) is 11.8. The van der Waals surface area contributed by atoms with Gasteiger partial charge in [-0.3, -0.25) is 0 Å². The van der Waals surface area contributed by atoms with Gasteiger partial charge >= 0.3 is 0 Å². The summed E-state index contributed by atoms with van der Waals surface area (Å²) >= 11 is 1.19. The van der Waals surface area contributed by atoms with Gasteiger partial charge in [0.15, 0.2) is 0 Å². The molecule has 36 heavy (non-hydrogen) atoms. The van der Waals surface area contributed by atoms with Gasteiger partial charge in [0, 0.05) is 18.8 Å². The molecule has 10 heteroatoms. The van der Waals surface area contributed by atoms with E-state index in [2.05, 4.69) is 43.6 Å². The number of rotatable bonds is 13. The monoisotopic (exact) mass is 506 g/mol. The molecule has 1 aromatic carbocycles. The van der Waals surface area contributed by atoms with E-state index in [-0.39, 0.29) is 0 Å². The largest absolute Gasteiger partial charge is 0.377 e. The molecule has 0 saturated carbocycles. The van der Waals surface area contributed by atoms with Crippen LogP contribution in [0.15, 0.2) is 47.1 Å². The van der Waals surface area contributed by atoms with E-state index in [0.29, 0.717) is 47.6 Å². The van der Waals surface area contributed by atoms with Crippen molar-refractivity contribution in [3.63, 3.8) is 0 Å². The Kier molecular flexibility index (Phi) is 10.1. The minimum absolute atomic E-state index is 0.418. The Morgan fingerprint density at radius 2 is 1.97 bits per heavy atom. The topological polar surface area (TPSA) is 83.4 Å². The van der Waals surface area contributed by atoms with Crippen molar-refractivity contribution in [2.75, 3.05) is 44.4 Å². The van der Waals surface area contributed by atoms with Gasteiger partial charge in [-0.05, 0) is 50.1 Å². The molecule has 0 aliphatic heterocycles. The van der Waals surface area contributed by atoms with Crippen LogP contribution < -0.4 is 9.47 Å². The average molecular weight is 507 g/mol. The molecule has 0 atom stereocenters. The molecule has 3 rings (SSSR count).